The monoisotopic (exact) mass is 527 g/mol. The average molecular weight is 528 g/mol. The molecule has 1 aromatic heterocycles. The van der Waals surface area contributed by atoms with E-state index in [1.807, 2.05) is 0 Å². The molecule has 0 spiro atoms. The topological polar surface area (TPSA) is 125 Å². The zero-order valence-electron chi connectivity index (χ0n) is 19.7. The number of amides is 1. The first kappa shape index (κ1) is 29.2. The van der Waals surface area contributed by atoms with E-state index in [0.29, 0.717) is 31.9 Å². The molecular weight excluding hydrogens is 495 g/mol. The first-order valence-electron chi connectivity index (χ1n) is 11.1. The van der Waals surface area contributed by atoms with Gasteiger partial charge >= 0.3 is 6.18 Å². The maximum atomic E-state index is 13.6. The molecule has 0 aliphatic carbocycles. The van der Waals surface area contributed by atoms with E-state index in [2.05, 4.69) is 22.2 Å². The molecule has 1 N–H and O–H groups in total. The SMILES string of the molecule is C=C(C)C(=O)NCCOCCOCCOCCn1nnc(CN2CCS(=O)(=O)CC2)c1C(F)(F)F. The molecule has 0 aromatic carbocycles. The highest BCUT2D eigenvalue weighted by Gasteiger charge is 2.39. The summed E-state index contributed by atoms with van der Waals surface area (Å²) in [6.45, 7) is 6.90. The molecule has 1 aromatic rings. The fourth-order valence-corrected chi connectivity index (χ4v) is 4.40. The van der Waals surface area contributed by atoms with E-state index in [0.717, 1.165) is 4.68 Å². The highest BCUT2D eigenvalue weighted by molar-refractivity contribution is 7.91. The summed E-state index contributed by atoms with van der Waals surface area (Å²) in [6, 6.07) is 0. The summed E-state index contributed by atoms with van der Waals surface area (Å²) >= 11 is 0. The van der Waals surface area contributed by atoms with E-state index < -0.39 is 21.7 Å². The molecule has 1 aliphatic heterocycles. The highest BCUT2D eigenvalue weighted by atomic mass is 32.2. The predicted molar refractivity (Wildman–Crippen MR) is 119 cm³/mol. The van der Waals surface area contributed by atoms with Crippen LogP contribution in [-0.2, 0) is 48.1 Å². The Balaban J connectivity index is 1.63. The number of carbonyl (C=O) groups excluding carboxylic acids is 1. The third-order valence-corrected chi connectivity index (χ3v) is 6.60. The van der Waals surface area contributed by atoms with Crippen molar-refractivity contribution in [2.75, 3.05) is 70.8 Å². The Morgan fingerprint density at radius 1 is 1.06 bits per heavy atom. The number of rotatable bonds is 15. The van der Waals surface area contributed by atoms with Crippen LogP contribution in [0.5, 0.6) is 0 Å². The second kappa shape index (κ2) is 13.9. The number of sulfone groups is 1. The molecule has 0 unspecified atom stereocenters. The van der Waals surface area contributed by atoms with Gasteiger partial charge in [-0.05, 0) is 6.92 Å². The summed E-state index contributed by atoms with van der Waals surface area (Å²) in [4.78, 5) is 12.9. The van der Waals surface area contributed by atoms with Gasteiger partial charge in [0, 0.05) is 31.8 Å². The Bertz CT molecular complexity index is 924. The minimum Gasteiger partial charge on any atom is -0.377 e. The quantitative estimate of drug-likeness (QED) is 0.253. The van der Waals surface area contributed by atoms with Gasteiger partial charge in [-0.1, -0.05) is 11.8 Å². The van der Waals surface area contributed by atoms with Crippen molar-refractivity contribution in [1.29, 1.82) is 0 Å². The number of halogens is 3. The van der Waals surface area contributed by atoms with E-state index in [1.54, 1.807) is 11.8 Å². The third kappa shape index (κ3) is 10.6. The minimum absolute atomic E-state index is 0.0177. The van der Waals surface area contributed by atoms with Crippen molar-refractivity contribution >= 4 is 15.7 Å². The Kier molecular flexibility index (Phi) is 11.6. The van der Waals surface area contributed by atoms with E-state index in [4.69, 9.17) is 14.2 Å². The highest BCUT2D eigenvalue weighted by Crippen LogP contribution is 2.31. The molecule has 2 heterocycles. The second-order valence-corrected chi connectivity index (χ2v) is 10.2. The van der Waals surface area contributed by atoms with E-state index in [9.17, 15) is 26.4 Å². The number of hydrogen-bond acceptors (Lipinski definition) is 9. The van der Waals surface area contributed by atoms with Crippen LogP contribution < -0.4 is 5.32 Å². The summed E-state index contributed by atoms with van der Waals surface area (Å²) in [6.07, 6.45) is -4.66. The number of hydrogen-bond donors (Lipinski definition) is 1. The van der Waals surface area contributed by atoms with Gasteiger partial charge in [-0.3, -0.25) is 9.69 Å². The third-order valence-electron chi connectivity index (χ3n) is 4.99. The van der Waals surface area contributed by atoms with Crippen molar-refractivity contribution in [1.82, 2.24) is 25.2 Å². The number of alkyl halides is 3. The van der Waals surface area contributed by atoms with Gasteiger partial charge in [0.1, 0.15) is 5.69 Å². The molecule has 1 amide bonds. The van der Waals surface area contributed by atoms with Gasteiger partial charge in [0.25, 0.3) is 0 Å². The molecule has 200 valence electrons. The second-order valence-electron chi connectivity index (χ2n) is 7.91. The molecule has 2 rings (SSSR count). The van der Waals surface area contributed by atoms with Gasteiger partial charge in [-0.2, -0.15) is 13.2 Å². The van der Waals surface area contributed by atoms with E-state index in [-0.39, 0.29) is 69.1 Å². The molecule has 0 radical (unpaired) electrons. The molecule has 0 bridgehead atoms. The lowest BCUT2D eigenvalue weighted by Gasteiger charge is -2.26. The first-order chi connectivity index (χ1) is 16.5. The minimum atomic E-state index is -4.66. The zero-order chi connectivity index (χ0) is 25.9. The zero-order valence-corrected chi connectivity index (χ0v) is 20.5. The fraction of sp³-hybridized carbons (Fsp3) is 0.750. The van der Waals surface area contributed by atoms with Crippen LogP contribution >= 0.6 is 0 Å². The Morgan fingerprint density at radius 3 is 2.20 bits per heavy atom. The molecule has 0 atom stereocenters. The van der Waals surface area contributed by atoms with Gasteiger partial charge in [-0.25, -0.2) is 13.1 Å². The lowest BCUT2D eigenvalue weighted by molar-refractivity contribution is -0.145. The molecular formula is C20H32F3N5O6S. The number of nitrogens with one attached hydrogen (secondary N) is 1. The van der Waals surface area contributed by atoms with Crippen LogP contribution in [0.2, 0.25) is 0 Å². The molecule has 0 saturated carbocycles. The van der Waals surface area contributed by atoms with Crippen molar-refractivity contribution in [3.63, 3.8) is 0 Å². The Morgan fingerprint density at radius 2 is 1.63 bits per heavy atom. The van der Waals surface area contributed by atoms with Gasteiger partial charge in [0.2, 0.25) is 5.91 Å². The first-order valence-corrected chi connectivity index (χ1v) is 12.9. The number of nitrogens with zero attached hydrogens (tertiary/aromatic N) is 4. The van der Waals surface area contributed by atoms with Crippen molar-refractivity contribution < 1.29 is 40.6 Å². The summed E-state index contributed by atoms with van der Waals surface area (Å²) in [5.41, 5.74) is -0.772. The van der Waals surface area contributed by atoms with Crippen LogP contribution in [0.4, 0.5) is 13.2 Å². The summed E-state index contributed by atoms with van der Waals surface area (Å²) in [5.74, 6) is -0.401. The fourth-order valence-electron chi connectivity index (χ4n) is 3.12. The normalized spacial score (nSPS) is 16.3. The molecule has 1 saturated heterocycles. The van der Waals surface area contributed by atoms with Crippen LogP contribution in [0.25, 0.3) is 0 Å². The van der Waals surface area contributed by atoms with Crippen molar-refractivity contribution in [3.05, 3.63) is 23.5 Å². The Labute approximate surface area is 202 Å². The Hall–Kier alpha value is -2.07. The van der Waals surface area contributed by atoms with Crippen molar-refractivity contribution in [2.24, 2.45) is 0 Å². The van der Waals surface area contributed by atoms with Crippen LogP contribution in [-0.4, -0.2) is 105 Å². The molecule has 35 heavy (non-hydrogen) atoms. The van der Waals surface area contributed by atoms with E-state index in [1.165, 1.54) is 0 Å². The van der Waals surface area contributed by atoms with E-state index >= 15 is 0 Å². The smallest absolute Gasteiger partial charge is 0.377 e. The number of carbonyl (C=O) groups is 1. The van der Waals surface area contributed by atoms with Gasteiger partial charge in [-0.15, -0.1) is 5.10 Å². The number of aromatic nitrogens is 3. The van der Waals surface area contributed by atoms with Crippen LogP contribution in [0, 0.1) is 0 Å². The molecule has 11 nitrogen and oxygen atoms in total. The number of ether oxygens (including phenoxy) is 3. The maximum absolute atomic E-state index is 13.6. The van der Waals surface area contributed by atoms with Gasteiger partial charge in [0.05, 0.1) is 57.7 Å². The van der Waals surface area contributed by atoms with Crippen LogP contribution in [0.3, 0.4) is 0 Å². The lowest BCUT2D eigenvalue weighted by Crippen LogP contribution is -2.40. The molecule has 15 heteroatoms. The standard InChI is InChI=1S/C20H32F3N5O6S/c1-16(2)19(29)24-3-7-32-9-11-34-12-10-33-8-4-28-18(20(21,22)23)17(25-26-28)15-27-5-13-35(30,31)14-6-27/h1,3-15H2,2H3,(H,24,29). The van der Waals surface area contributed by atoms with Gasteiger partial charge < -0.3 is 19.5 Å². The van der Waals surface area contributed by atoms with Gasteiger partial charge in [0.15, 0.2) is 15.5 Å². The van der Waals surface area contributed by atoms with Crippen molar-refractivity contribution in [2.45, 2.75) is 26.2 Å². The summed E-state index contributed by atoms with van der Waals surface area (Å²) in [5, 5.41) is 9.93. The average Bonchev–Trinajstić information content (AvgIpc) is 3.18. The lowest BCUT2D eigenvalue weighted by atomic mass is 10.2. The van der Waals surface area contributed by atoms with Crippen molar-refractivity contribution in [3.8, 4) is 0 Å². The maximum Gasteiger partial charge on any atom is 0.434 e. The van der Waals surface area contributed by atoms with Crippen LogP contribution in [0.15, 0.2) is 12.2 Å². The largest absolute Gasteiger partial charge is 0.434 e. The molecule has 1 aliphatic rings. The van der Waals surface area contributed by atoms with Crippen LogP contribution in [0.1, 0.15) is 18.3 Å². The summed E-state index contributed by atoms with van der Waals surface area (Å²) < 4.78 is 80.6. The predicted octanol–water partition coefficient (Wildman–Crippen LogP) is 0.269. The summed E-state index contributed by atoms with van der Waals surface area (Å²) in [7, 11) is -3.13. The molecule has 1 fully saturated rings.